The zero-order chi connectivity index (χ0) is 89.3. The van der Waals surface area contributed by atoms with Crippen molar-refractivity contribution in [2.45, 2.75) is 424 Å². The molecule has 0 aliphatic carbocycles. The van der Waals surface area contributed by atoms with Gasteiger partial charge in [0.1, 0.15) is 25.4 Å². The molecule has 0 aromatic heterocycles. The lowest BCUT2D eigenvalue weighted by atomic mass is 10.0. The number of allylic oxidation sites excluding steroid dienone is 30. The van der Waals surface area contributed by atoms with E-state index < -0.39 is 91.5 Å². The number of carbonyl (C=O) groups excluding carboxylic acids is 3. The molecule has 0 fully saturated rings. The lowest BCUT2D eigenvalue weighted by Crippen LogP contribution is -2.30. The van der Waals surface area contributed by atoms with Gasteiger partial charge in [-0.15, -0.1) is 0 Å². The number of aliphatic hydroxyl groups excluding tert-OH is 2. The van der Waals surface area contributed by atoms with Crippen LogP contribution in [-0.4, -0.2) is 95.9 Å². The predicted molar refractivity (Wildman–Crippen MR) is 518 cm³/mol. The summed E-state index contributed by atoms with van der Waals surface area (Å²) in [7, 11) is -9.82. The van der Waals surface area contributed by atoms with E-state index >= 15 is 0 Å². The van der Waals surface area contributed by atoms with Gasteiger partial charge in [0.05, 0.1) is 26.4 Å². The third-order valence-electron chi connectivity index (χ3n) is 20.6. The van der Waals surface area contributed by atoms with Gasteiger partial charge in [-0.05, 0) is 154 Å². The first kappa shape index (κ1) is 118. The van der Waals surface area contributed by atoms with E-state index in [-0.39, 0.29) is 19.3 Å². The Bertz CT molecular complexity index is 2970. The third-order valence-corrected chi connectivity index (χ3v) is 22.5. The molecule has 0 aromatic carbocycles. The molecule has 0 aliphatic heterocycles. The van der Waals surface area contributed by atoms with Crippen LogP contribution in [0.3, 0.4) is 0 Å². The fourth-order valence-corrected chi connectivity index (χ4v) is 14.9. The van der Waals surface area contributed by atoms with Crippen molar-refractivity contribution < 1.29 is 75.8 Å². The predicted octanol–water partition coefficient (Wildman–Crippen LogP) is 30.8. The molecule has 704 valence electrons. The minimum absolute atomic E-state index is 0.0932. The fraction of sp³-hybridized carbons (Fsp3) is 0.686. The highest BCUT2D eigenvalue weighted by atomic mass is 31.2. The number of phosphoric ester groups is 2. The van der Waals surface area contributed by atoms with Crippen LogP contribution >= 0.6 is 15.6 Å². The Morgan fingerprint density at radius 3 is 0.642 bits per heavy atom. The number of carbonyl (C=O) groups is 3. The number of rotatable bonds is 92. The molecule has 0 saturated carbocycles. The molecule has 0 spiro atoms. The Labute approximate surface area is 751 Å². The average molecular weight is 1760 g/mol. The number of esters is 3. The Balaban J connectivity index is 4.62. The molecule has 0 saturated heterocycles. The molecule has 0 radical (unpaired) electrons. The summed E-state index contributed by atoms with van der Waals surface area (Å²) in [5, 5.41) is 20.8. The van der Waals surface area contributed by atoms with Crippen molar-refractivity contribution in [2.24, 2.45) is 0 Å². The number of hydrogen-bond acceptors (Lipinski definition) is 14. The molecule has 16 nitrogen and oxygen atoms in total. The maximum absolute atomic E-state index is 13.1. The van der Waals surface area contributed by atoms with Crippen molar-refractivity contribution in [3.63, 3.8) is 0 Å². The van der Waals surface area contributed by atoms with Gasteiger partial charge < -0.3 is 34.2 Å². The lowest BCUT2D eigenvalue weighted by Gasteiger charge is -2.21. The molecule has 0 rings (SSSR count). The van der Waals surface area contributed by atoms with Crippen molar-refractivity contribution >= 4 is 33.6 Å². The van der Waals surface area contributed by atoms with Gasteiger partial charge in [-0.3, -0.25) is 32.5 Å². The molecular formula is C105H178O16P2. The maximum atomic E-state index is 13.1. The van der Waals surface area contributed by atoms with Crippen LogP contribution < -0.4 is 0 Å². The third kappa shape index (κ3) is 97.1. The zero-order valence-corrected chi connectivity index (χ0v) is 79.6. The smallest absolute Gasteiger partial charge is 0.463 e. The van der Waals surface area contributed by atoms with Crippen LogP contribution in [0.4, 0.5) is 0 Å². The van der Waals surface area contributed by atoms with Gasteiger partial charge in [-0.1, -0.05) is 415 Å². The van der Waals surface area contributed by atoms with Crippen molar-refractivity contribution in [1.82, 2.24) is 0 Å². The second kappa shape index (κ2) is 95.7. The van der Waals surface area contributed by atoms with Crippen LogP contribution in [0.15, 0.2) is 182 Å². The largest absolute Gasteiger partial charge is 0.472 e. The minimum atomic E-state index is -4.95. The van der Waals surface area contributed by atoms with E-state index in [9.17, 15) is 43.5 Å². The molecule has 123 heavy (non-hydrogen) atoms. The van der Waals surface area contributed by atoms with Gasteiger partial charge in [-0.25, -0.2) is 9.13 Å². The molecule has 0 bridgehead atoms. The quantitative estimate of drug-likeness (QED) is 0.0146. The molecule has 0 aliphatic rings. The Kier molecular flexibility index (Phi) is 91.6. The first-order valence-electron chi connectivity index (χ1n) is 49.1. The highest BCUT2D eigenvalue weighted by Crippen LogP contribution is 2.45. The van der Waals surface area contributed by atoms with Gasteiger partial charge in [0.25, 0.3) is 0 Å². The number of hydrogen-bond donors (Lipinski definition) is 4. The van der Waals surface area contributed by atoms with Gasteiger partial charge in [0.15, 0.2) is 6.10 Å². The number of aliphatic hydroxyl groups is 2. The molecule has 18 heteroatoms. The Morgan fingerprint density at radius 1 is 0.228 bits per heavy atom. The second-order valence-electron chi connectivity index (χ2n) is 32.4. The van der Waals surface area contributed by atoms with Crippen molar-refractivity contribution in [1.29, 1.82) is 0 Å². The van der Waals surface area contributed by atoms with Gasteiger partial charge in [0.2, 0.25) is 0 Å². The summed E-state index contributed by atoms with van der Waals surface area (Å²) in [5.74, 6) is -1.57. The summed E-state index contributed by atoms with van der Waals surface area (Å²) in [6.07, 6.45) is 127. The monoisotopic (exact) mass is 1760 g/mol. The van der Waals surface area contributed by atoms with E-state index in [2.05, 4.69) is 203 Å². The van der Waals surface area contributed by atoms with Crippen molar-refractivity contribution in [3.05, 3.63) is 182 Å². The average Bonchev–Trinajstić information content (AvgIpc) is 0.898. The summed E-state index contributed by atoms with van der Waals surface area (Å²) < 4.78 is 61.6. The topological polar surface area (TPSA) is 231 Å². The minimum Gasteiger partial charge on any atom is -0.463 e. The normalized spacial score (nSPS) is 14.5. The number of ether oxygens (including phenoxy) is 3. The molecule has 4 N–H and O–H groups in total. The first-order chi connectivity index (χ1) is 60.2. The number of unbranched alkanes of at least 4 members (excludes halogenated alkanes) is 39. The van der Waals surface area contributed by atoms with Crippen LogP contribution in [0.1, 0.15) is 406 Å². The van der Waals surface area contributed by atoms with Gasteiger partial charge >= 0.3 is 33.6 Å². The molecule has 0 aromatic rings. The van der Waals surface area contributed by atoms with Gasteiger partial charge in [-0.2, -0.15) is 0 Å². The van der Waals surface area contributed by atoms with Crippen molar-refractivity contribution in [2.75, 3.05) is 39.6 Å². The van der Waals surface area contributed by atoms with E-state index in [1.807, 2.05) is 0 Å². The Morgan fingerprint density at radius 2 is 0.407 bits per heavy atom. The van der Waals surface area contributed by atoms with Crippen LogP contribution in [0.5, 0.6) is 0 Å². The van der Waals surface area contributed by atoms with Crippen molar-refractivity contribution in [3.8, 4) is 0 Å². The first-order valence-corrected chi connectivity index (χ1v) is 52.1. The van der Waals surface area contributed by atoms with E-state index in [1.54, 1.807) is 0 Å². The van der Waals surface area contributed by atoms with Gasteiger partial charge in [0, 0.05) is 19.3 Å². The fourth-order valence-electron chi connectivity index (χ4n) is 13.3. The SMILES string of the molecule is CC/C=C\C/C=C\C/C=C\C/C=C\C/C=C\CCCCCCCCCCCCCCCCCC(=O)OCC(O)COP(=O)(O)OCC(O)COP(=O)(O)OCC(COC(=O)CCCCCCCCCCCCCCCCC/C=C\C/C=C\C/C=C\C/C=C\C/C=C\CC)OC(=O)CCCCCCCCCCC/C=C\C/C=C\C/C=C\C/C=C\C/C=C\CC. The second-order valence-corrected chi connectivity index (χ2v) is 35.3. The molecule has 5 unspecified atom stereocenters. The van der Waals surface area contributed by atoms with Crippen LogP contribution in [-0.2, 0) is 55.8 Å². The molecule has 5 atom stereocenters. The lowest BCUT2D eigenvalue weighted by molar-refractivity contribution is -0.161. The highest BCUT2D eigenvalue weighted by molar-refractivity contribution is 7.47. The standard InChI is InChI=1S/C105H178O16P2/c1-4-7-10-13-16-19-22-25-28-31-34-37-40-43-45-47-49-51-53-56-58-61-64-67-70-73-76-79-82-85-88-91-103(108)115-94-100(106)95-117-122(111,112)118-96-101(107)97-119-123(113,114)120-99-102(121-105(110)93-90-87-84-81-78-75-72-69-66-63-60-55-42-39-36-33-30-27-24-21-18-15-12-9-6-3)98-116-104(109)92-89-86-83-80-77-74-71-68-65-62-59-57-54-52-50-48-46-44-41-38-35-32-29-26-23-20-17-14-11-8-5-2/h7-12,16-21,25-30,34-39,43-46,55,60,100-102,106-107H,4-6,13-15,22-24,31-33,40-42,47-54,56-59,61-99H2,1-3H3,(H,111,112)(H,113,114)/b10-7-,11-8-,12-9-,19-16-,20-17-,21-18-,28-25-,29-26-,30-27-,37-34-,38-35-,39-36-,45-43-,46-44-,60-55-. The van der Waals surface area contributed by atoms with E-state index in [4.69, 9.17) is 32.3 Å². The van der Waals surface area contributed by atoms with Crippen LogP contribution in [0.2, 0.25) is 0 Å². The molecule has 0 heterocycles. The summed E-state index contributed by atoms with van der Waals surface area (Å²) >= 11 is 0. The zero-order valence-electron chi connectivity index (χ0n) is 77.8. The summed E-state index contributed by atoms with van der Waals surface area (Å²) in [6.45, 7) is 2.39. The molecular weight excluding hydrogens is 1580 g/mol. The maximum Gasteiger partial charge on any atom is 0.472 e. The summed E-state index contributed by atoms with van der Waals surface area (Å²) in [4.78, 5) is 59.2. The summed E-state index contributed by atoms with van der Waals surface area (Å²) in [5.41, 5.74) is 0. The van der Waals surface area contributed by atoms with Crippen LogP contribution in [0.25, 0.3) is 0 Å². The number of phosphoric acid groups is 2. The summed E-state index contributed by atoms with van der Waals surface area (Å²) in [6, 6.07) is 0. The molecule has 0 amide bonds. The Hall–Kier alpha value is -5.35. The van der Waals surface area contributed by atoms with E-state index in [0.717, 1.165) is 167 Å². The van der Waals surface area contributed by atoms with E-state index in [1.165, 1.54) is 180 Å². The van der Waals surface area contributed by atoms with Crippen LogP contribution in [0, 0.1) is 0 Å². The van der Waals surface area contributed by atoms with E-state index in [0.29, 0.717) is 19.3 Å². The highest BCUT2D eigenvalue weighted by Gasteiger charge is 2.30.